The molecular formula is C12H16N2O3S. The molecule has 1 aliphatic rings. The van der Waals surface area contributed by atoms with Gasteiger partial charge in [-0.1, -0.05) is 6.92 Å². The van der Waals surface area contributed by atoms with Crippen molar-refractivity contribution in [2.75, 3.05) is 0 Å². The van der Waals surface area contributed by atoms with Gasteiger partial charge in [-0.05, 0) is 25.7 Å². The van der Waals surface area contributed by atoms with Crippen LogP contribution in [0.4, 0.5) is 0 Å². The smallest absolute Gasteiger partial charge is 0.347 e. The van der Waals surface area contributed by atoms with Crippen molar-refractivity contribution in [1.82, 2.24) is 10.3 Å². The van der Waals surface area contributed by atoms with E-state index >= 15 is 0 Å². The van der Waals surface area contributed by atoms with Crippen LogP contribution in [-0.4, -0.2) is 28.0 Å². The van der Waals surface area contributed by atoms with Crippen molar-refractivity contribution >= 4 is 23.2 Å². The Labute approximate surface area is 109 Å². The van der Waals surface area contributed by atoms with Crippen LogP contribution in [-0.2, 0) is 17.6 Å². The summed E-state index contributed by atoms with van der Waals surface area (Å²) in [6, 6.07) is 0.273. The van der Waals surface area contributed by atoms with Crippen LogP contribution in [0.25, 0.3) is 0 Å². The van der Waals surface area contributed by atoms with Gasteiger partial charge in [0, 0.05) is 6.04 Å². The molecule has 0 bridgehead atoms. The molecule has 5 nitrogen and oxygen atoms in total. The largest absolute Gasteiger partial charge is 0.477 e. The number of hydrogen-bond donors (Lipinski definition) is 2. The second-order valence-electron chi connectivity index (χ2n) is 4.41. The van der Waals surface area contributed by atoms with E-state index in [9.17, 15) is 9.59 Å². The van der Waals surface area contributed by atoms with E-state index in [2.05, 4.69) is 10.3 Å². The maximum Gasteiger partial charge on any atom is 0.347 e. The number of aryl methyl sites for hydroxylation is 1. The fourth-order valence-corrected chi connectivity index (χ4v) is 2.68. The summed E-state index contributed by atoms with van der Waals surface area (Å²) in [6.07, 6.45) is 3.95. The minimum Gasteiger partial charge on any atom is -0.477 e. The number of aromatic nitrogens is 1. The molecule has 1 aromatic heterocycles. The minimum atomic E-state index is -1.00. The van der Waals surface area contributed by atoms with Gasteiger partial charge in [0.05, 0.1) is 17.1 Å². The van der Waals surface area contributed by atoms with Gasteiger partial charge in [-0.3, -0.25) is 4.79 Å². The van der Waals surface area contributed by atoms with Crippen LogP contribution in [0.3, 0.4) is 0 Å². The van der Waals surface area contributed by atoms with Gasteiger partial charge in [-0.2, -0.15) is 0 Å². The molecule has 2 N–H and O–H groups in total. The number of carbonyl (C=O) groups excluding carboxylic acids is 1. The molecule has 0 saturated heterocycles. The molecule has 1 saturated carbocycles. The summed E-state index contributed by atoms with van der Waals surface area (Å²) in [4.78, 5) is 27.2. The number of carbonyl (C=O) groups is 2. The number of thiazole rings is 1. The highest BCUT2D eigenvalue weighted by Crippen LogP contribution is 2.21. The first-order valence-electron chi connectivity index (χ1n) is 6.11. The molecule has 18 heavy (non-hydrogen) atoms. The predicted molar refractivity (Wildman–Crippen MR) is 67.9 cm³/mol. The molecule has 0 aromatic carbocycles. The number of carboxylic acids is 1. The third kappa shape index (κ3) is 2.87. The van der Waals surface area contributed by atoms with E-state index in [0.717, 1.165) is 35.6 Å². The zero-order chi connectivity index (χ0) is 13.1. The van der Waals surface area contributed by atoms with Gasteiger partial charge >= 0.3 is 5.97 Å². The average Bonchev–Trinajstić information content (AvgIpc) is 2.67. The normalized spacial score (nSPS) is 15.2. The number of hydrogen-bond acceptors (Lipinski definition) is 4. The Balaban J connectivity index is 2.04. The lowest BCUT2D eigenvalue weighted by Gasteiger charge is -2.26. The highest BCUT2D eigenvalue weighted by molar-refractivity contribution is 7.13. The summed E-state index contributed by atoms with van der Waals surface area (Å²) in [5, 5.41) is 12.7. The molecule has 0 radical (unpaired) electrons. The Bertz CT molecular complexity index is 466. The van der Waals surface area contributed by atoms with Gasteiger partial charge in [0.15, 0.2) is 0 Å². The minimum absolute atomic E-state index is 0.0641. The Morgan fingerprint density at radius 1 is 1.50 bits per heavy atom. The zero-order valence-corrected chi connectivity index (χ0v) is 11.0. The highest BCUT2D eigenvalue weighted by Gasteiger charge is 2.22. The molecule has 1 heterocycles. The van der Waals surface area contributed by atoms with E-state index < -0.39 is 5.97 Å². The van der Waals surface area contributed by atoms with Gasteiger partial charge in [0.1, 0.15) is 4.88 Å². The summed E-state index contributed by atoms with van der Waals surface area (Å²) in [5.41, 5.74) is 0.390. The van der Waals surface area contributed by atoms with Crippen molar-refractivity contribution in [2.45, 2.75) is 45.1 Å². The van der Waals surface area contributed by atoms with E-state index in [1.807, 2.05) is 6.92 Å². The standard InChI is InChI=1S/C12H16N2O3S/c1-2-10-14-8(11(18-10)12(16)17)6-9(15)13-7-4-3-5-7/h7H,2-6H2,1H3,(H,13,15)(H,16,17). The van der Waals surface area contributed by atoms with Crippen LogP contribution in [0.15, 0.2) is 0 Å². The maximum absolute atomic E-state index is 11.7. The van der Waals surface area contributed by atoms with E-state index in [0.29, 0.717) is 12.1 Å². The maximum atomic E-state index is 11.7. The summed E-state index contributed by atoms with van der Waals surface area (Å²) in [7, 11) is 0. The van der Waals surface area contributed by atoms with Crippen LogP contribution in [0, 0.1) is 0 Å². The lowest BCUT2D eigenvalue weighted by atomic mass is 9.93. The molecule has 0 unspecified atom stereocenters. The first-order chi connectivity index (χ1) is 8.60. The number of rotatable bonds is 5. The summed E-state index contributed by atoms with van der Waals surface area (Å²) in [5.74, 6) is -1.13. The molecule has 1 aliphatic carbocycles. The Morgan fingerprint density at radius 3 is 2.72 bits per heavy atom. The third-order valence-corrected chi connectivity index (χ3v) is 4.27. The Kier molecular flexibility index (Phi) is 3.96. The first kappa shape index (κ1) is 13.0. The molecule has 0 atom stereocenters. The van der Waals surface area contributed by atoms with E-state index in [-0.39, 0.29) is 23.2 Å². The van der Waals surface area contributed by atoms with Crippen molar-refractivity contribution in [3.05, 3.63) is 15.6 Å². The van der Waals surface area contributed by atoms with Gasteiger partial charge in [-0.15, -0.1) is 11.3 Å². The Morgan fingerprint density at radius 2 is 2.22 bits per heavy atom. The molecular weight excluding hydrogens is 252 g/mol. The molecule has 6 heteroatoms. The predicted octanol–water partition coefficient (Wildman–Crippen LogP) is 1.61. The monoisotopic (exact) mass is 268 g/mol. The Hall–Kier alpha value is -1.43. The van der Waals surface area contributed by atoms with E-state index in [1.165, 1.54) is 0 Å². The van der Waals surface area contributed by atoms with Crippen molar-refractivity contribution < 1.29 is 14.7 Å². The average molecular weight is 268 g/mol. The molecule has 1 fully saturated rings. The van der Waals surface area contributed by atoms with Crippen molar-refractivity contribution in [2.24, 2.45) is 0 Å². The zero-order valence-electron chi connectivity index (χ0n) is 10.2. The lowest BCUT2D eigenvalue weighted by molar-refractivity contribution is -0.121. The van der Waals surface area contributed by atoms with Gasteiger partial charge in [0.25, 0.3) is 0 Å². The molecule has 2 rings (SSSR count). The lowest BCUT2D eigenvalue weighted by Crippen LogP contribution is -2.40. The highest BCUT2D eigenvalue weighted by atomic mass is 32.1. The van der Waals surface area contributed by atoms with Crippen LogP contribution >= 0.6 is 11.3 Å². The van der Waals surface area contributed by atoms with Crippen LogP contribution in [0.2, 0.25) is 0 Å². The number of nitrogens with one attached hydrogen (secondary N) is 1. The second kappa shape index (κ2) is 5.48. The summed E-state index contributed by atoms with van der Waals surface area (Å²) < 4.78 is 0. The fraction of sp³-hybridized carbons (Fsp3) is 0.583. The number of carboxylic acid groups (broad SMARTS) is 1. The van der Waals surface area contributed by atoms with Crippen molar-refractivity contribution in [1.29, 1.82) is 0 Å². The van der Waals surface area contributed by atoms with E-state index in [4.69, 9.17) is 5.11 Å². The van der Waals surface area contributed by atoms with Crippen LogP contribution < -0.4 is 5.32 Å². The number of nitrogens with zero attached hydrogens (tertiary/aromatic N) is 1. The fourth-order valence-electron chi connectivity index (χ4n) is 1.82. The summed E-state index contributed by atoms with van der Waals surface area (Å²) in [6.45, 7) is 1.92. The van der Waals surface area contributed by atoms with Crippen molar-refractivity contribution in [3.8, 4) is 0 Å². The van der Waals surface area contributed by atoms with Crippen molar-refractivity contribution in [3.63, 3.8) is 0 Å². The number of amides is 1. The quantitative estimate of drug-likeness (QED) is 0.850. The molecule has 0 aliphatic heterocycles. The number of aromatic carboxylic acids is 1. The first-order valence-corrected chi connectivity index (χ1v) is 6.93. The topological polar surface area (TPSA) is 79.3 Å². The van der Waals surface area contributed by atoms with Gasteiger partial charge in [0.2, 0.25) is 5.91 Å². The van der Waals surface area contributed by atoms with Gasteiger partial charge < -0.3 is 10.4 Å². The second-order valence-corrected chi connectivity index (χ2v) is 5.50. The molecule has 98 valence electrons. The molecule has 1 aromatic rings. The van der Waals surface area contributed by atoms with Gasteiger partial charge in [-0.25, -0.2) is 9.78 Å². The van der Waals surface area contributed by atoms with E-state index in [1.54, 1.807) is 0 Å². The summed E-state index contributed by atoms with van der Waals surface area (Å²) >= 11 is 1.16. The molecule has 0 spiro atoms. The molecule has 1 amide bonds. The van der Waals surface area contributed by atoms with Crippen LogP contribution in [0.5, 0.6) is 0 Å². The SMILES string of the molecule is CCc1nc(CC(=O)NC2CCC2)c(C(=O)O)s1. The van der Waals surface area contributed by atoms with Crippen LogP contribution in [0.1, 0.15) is 46.6 Å². The third-order valence-electron chi connectivity index (χ3n) is 3.04.